The van der Waals surface area contributed by atoms with Crippen LogP contribution >= 0.6 is 0 Å². The Morgan fingerprint density at radius 3 is 1.76 bits per heavy atom. The van der Waals surface area contributed by atoms with Crippen molar-refractivity contribution in [2.45, 2.75) is 25.7 Å². The van der Waals surface area contributed by atoms with Crippen LogP contribution in [-0.4, -0.2) is 38.6 Å². The monoisotopic (exact) mass is 622 g/mol. The molecule has 13 nitrogen and oxygen atoms in total. The maximum atomic E-state index is 14.2. The molecule has 3 fully saturated rings. The van der Waals surface area contributed by atoms with E-state index in [2.05, 4.69) is 0 Å². The summed E-state index contributed by atoms with van der Waals surface area (Å²) < 4.78 is 0. The summed E-state index contributed by atoms with van der Waals surface area (Å²) in [5.41, 5.74) is 1.67. The Labute approximate surface area is 261 Å². The fraction of sp³-hybridized carbons (Fsp3) is 0.273. The molecule has 6 unspecified atom stereocenters. The number of hydrogen-bond donors (Lipinski definition) is 1. The molecular weight excluding hydrogens is 596 g/mol. The molecule has 0 radical (unpaired) electrons. The summed E-state index contributed by atoms with van der Waals surface area (Å²) in [6, 6.07) is 15.4. The first kappa shape index (κ1) is 29.0. The number of benzene rings is 3. The van der Waals surface area contributed by atoms with Crippen LogP contribution in [-0.2, 0) is 19.2 Å². The Morgan fingerprint density at radius 2 is 1.22 bits per heavy atom. The van der Waals surface area contributed by atoms with Gasteiger partial charge in [-0.2, -0.15) is 0 Å². The van der Waals surface area contributed by atoms with Crippen LogP contribution in [0.2, 0.25) is 0 Å². The fourth-order valence-electron chi connectivity index (χ4n) is 7.83. The molecule has 3 aromatic rings. The average Bonchev–Trinajstić information content (AvgIpc) is 3.45. The van der Waals surface area contributed by atoms with Crippen LogP contribution in [0, 0.1) is 56.7 Å². The molecule has 4 aliphatic rings. The van der Waals surface area contributed by atoms with Crippen molar-refractivity contribution in [2.24, 2.45) is 29.6 Å². The summed E-state index contributed by atoms with van der Waals surface area (Å²) in [7, 11) is 0. The van der Waals surface area contributed by atoms with E-state index in [1.165, 1.54) is 48.5 Å². The lowest BCUT2D eigenvalue weighted by Crippen LogP contribution is -2.43. The predicted molar refractivity (Wildman–Crippen MR) is 162 cm³/mol. The van der Waals surface area contributed by atoms with Crippen LogP contribution in [0.1, 0.15) is 29.9 Å². The van der Waals surface area contributed by atoms with Gasteiger partial charge in [-0.1, -0.05) is 29.8 Å². The molecule has 2 heterocycles. The van der Waals surface area contributed by atoms with E-state index in [0.29, 0.717) is 16.7 Å². The number of nitrogens with zero attached hydrogens (tertiary/aromatic N) is 4. The third kappa shape index (κ3) is 4.15. The molecule has 2 saturated heterocycles. The lowest BCUT2D eigenvalue weighted by atomic mass is 9.57. The minimum atomic E-state index is -0.924. The van der Waals surface area contributed by atoms with Crippen molar-refractivity contribution in [1.82, 2.24) is 0 Å². The molecule has 6 atom stereocenters. The van der Waals surface area contributed by atoms with Crippen LogP contribution in [0.3, 0.4) is 0 Å². The first-order valence-electron chi connectivity index (χ1n) is 14.7. The van der Waals surface area contributed by atoms with E-state index in [1.54, 1.807) is 25.1 Å². The van der Waals surface area contributed by atoms with Gasteiger partial charge in [-0.3, -0.25) is 49.2 Å². The number of carbonyl (C=O) groups excluding carboxylic acids is 4. The smallest absolute Gasteiger partial charge is 0.269 e. The van der Waals surface area contributed by atoms with Gasteiger partial charge in [0.2, 0.25) is 23.6 Å². The maximum absolute atomic E-state index is 14.2. The van der Waals surface area contributed by atoms with Crippen LogP contribution in [0.4, 0.5) is 22.7 Å². The van der Waals surface area contributed by atoms with E-state index >= 15 is 0 Å². The Morgan fingerprint density at radius 1 is 0.696 bits per heavy atom. The predicted octanol–water partition coefficient (Wildman–Crippen LogP) is 4.56. The Bertz CT molecular complexity index is 1900. The highest BCUT2D eigenvalue weighted by molar-refractivity contribution is 6.24. The highest BCUT2D eigenvalue weighted by Gasteiger charge is 2.62. The maximum Gasteiger partial charge on any atom is 0.269 e. The van der Waals surface area contributed by atoms with Gasteiger partial charge in [-0.05, 0) is 55.5 Å². The van der Waals surface area contributed by atoms with Crippen LogP contribution in [0.5, 0.6) is 5.75 Å². The molecule has 0 bridgehead atoms. The summed E-state index contributed by atoms with van der Waals surface area (Å²) >= 11 is 0. The summed E-state index contributed by atoms with van der Waals surface area (Å²) in [5.74, 6) is -6.82. The van der Waals surface area contributed by atoms with Crippen molar-refractivity contribution >= 4 is 46.4 Å². The van der Waals surface area contributed by atoms with Crippen molar-refractivity contribution in [1.29, 1.82) is 0 Å². The minimum absolute atomic E-state index is 0.0368. The SMILES string of the molecule is Cc1cccc(C2C3=CCC4C(=O)N(c5ccc([N+](=O)[O-])cc5)C(=O)C4C3CC3C(=O)N(c4ccc([N+](=O)[O-])cc4)C(=O)C32)c1O. The second kappa shape index (κ2) is 10.4. The number of phenolic OH excluding ortho intramolecular Hbond substituents is 1. The number of carbonyl (C=O) groups is 4. The summed E-state index contributed by atoms with van der Waals surface area (Å²) in [6.07, 6.45) is 2.15. The zero-order valence-corrected chi connectivity index (χ0v) is 24.3. The number of amides is 4. The Balaban J connectivity index is 1.31. The van der Waals surface area contributed by atoms with Gasteiger partial charge in [0, 0.05) is 35.7 Å². The van der Waals surface area contributed by atoms with Crippen molar-refractivity contribution < 1.29 is 34.1 Å². The number of fused-ring (bicyclic) bond motifs is 4. The zero-order chi connectivity index (χ0) is 32.6. The molecule has 3 aromatic carbocycles. The molecule has 46 heavy (non-hydrogen) atoms. The number of para-hydroxylation sites is 1. The first-order chi connectivity index (χ1) is 22.0. The van der Waals surface area contributed by atoms with Gasteiger partial charge in [0.25, 0.3) is 11.4 Å². The number of imide groups is 2. The molecule has 4 amide bonds. The number of nitro groups is 2. The molecule has 0 spiro atoms. The summed E-state index contributed by atoms with van der Waals surface area (Å²) in [5, 5.41) is 33.6. The average molecular weight is 623 g/mol. The van der Waals surface area contributed by atoms with Crippen LogP contribution in [0.25, 0.3) is 0 Å². The third-order valence-corrected chi connectivity index (χ3v) is 9.89. The second-order valence-electron chi connectivity index (χ2n) is 12.1. The van der Waals surface area contributed by atoms with E-state index < -0.39 is 69.0 Å². The number of aromatic hydroxyl groups is 1. The highest BCUT2D eigenvalue weighted by Crippen LogP contribution is 2.59. The van der Waals surface area contributed by atoms with E-state index in [-0.39, 0.29) is 41.3 Å². The third-order valence-electron chi connectivity index (χ3n) is 9.89. The molecular formula is C33H26N4O9. The number of phenols is 1. The van der Waals surface area contributed by atoms with Crippen LogP contribution in [0.15, 0.2) is 78.4 Å². The molecule has 232 valence electrons. The molecule has 13 heteroatoms. The van der Waals surface area contributed by atoms with E-state index in [1.807, 2.05) is 6.08 Å². The van der Waals surface area contributed by atoms with Gasteiger partial charge in [0.1, 0.15) is 5.75 Å². The zero-order valence-electron chi connectivity index (χ0n) is 24.3. The van der Waals surface area contributed by atoms with Crippen LogP contribution < -0.4 is 9.80 Å². The fourth-order valence-corrected chi connectivity index (χ4v) is 7.83. The number of anilines is 2. The largest absolute Gasteiger partial charge is 0.507 e. The lowest BCUT2D eigenvalue weighted by molar-refractivity contribution is -0.385. The highest BCUT2D eigenvalue weighted by atomic mass is 16.6. The minimum Gasteiger partial charge on any atom is -0.507 e. The lowest BCUT2D eigenvalue weighted by Gasteiger charge is -2.44. The quantitative estimate of drug-likeness (QED) is 0.185. The first-order valence-corrected chi connectivity index (χ1v) is 14.7. The standard InChI is InChI=1S/C33H26N4O9/c1-16-3-2-4-22(29(16)38)26-21-13-14-23-27(32(41)34(30(23)39)17-5-9-19(10-6-17)36(43)44)24(21)15-25-28(26)33(42)35(31(25)40)18-7-11-20(12-8-18)37(45)46/h2-13,23-28,38H,14-15H2,1H3. The molecule has 0 aromatic heterocycles. The number of non-ortho nitro benzene ring substituents is 2. The van der Waals surface area contributed by atoms with E-state index in [9.17, 15) is 44.5 Å². The summed E-state index contributed by atoms with van der Waals surface area (Å²) in [4.78, 5) is 79.3. The van der Waals surface area contributed by atoms with Crippen molar-refractivity contribution in [3.05, 3.63) is 110 Å². The topological polar surface area (TPSA) is 181 Å². The molecule has 7 rings (SSSR count). The molecule has 1 saturated carbocycles. The second-order valence-corrected chi connectivity index (χ2v) is 12.1. The van der Waals surface area contributed by atoms with E-state index in [0.717, 1.165) is 9.80 Å². The number of allylic oxidation sites excluding steroid dienone is 2. The van der Waals surface area contributed by atoms with Gasteiger partial charge >= 0.3 is 0 Å². The normalized spacial score (nSPS) is 26.8. The number of aryl methyl sites for hydroxylation is 1. The van der Waals surface area contributed by atoms with Gasteiger partial charge in [-0.15, -0.1) is 0 Å². The molecule has 2 aliphatic heterocycles. The van der Waals surface area contributed by atoms with Crippen molar-refractivity contribution in [3.63, 3.8) is 0 Å². The van der Waals surface area contributed by atoms with Crippen molar-refractivity contribution in [3.8, 4) is 5.75 Å². The summed E-state index contributed by atoms with van der Waals surface area (Å²) in [6.45, 7) is 1.72. The van der Waals surface area contributed by atoms with Gasteiger partial charge in [-0.25, -0.2) is 0 Å². The van der Waals surface area contributed by atoms with Gasteiger partial charge in [0.15, 0.2) is 0 Å². The van der Waals surface area contributed by atoms with E-state index in [4.69, 9.17) is 0 Å². The van der Waals surface area contributed by atoms with Gasteiger partial charge < -0.3 is 5.11 Å². The van der Waals surface area contributed by atoms with Crippen molar-refractivity contribution in [2.75, 3.05) is 9.80 Å². The van der Waals surface area contributed by atoms with Gasteiger partial charge in [0.05, 0.1) is 44.9 Å². The molecule has 2 aliphatic carbocycles. The Kier molecular flexibility index (Phi) is 6.58. The number of hydrogen-bond acceptors (Lipinski definition) is 9. The Hall–Kier alpha value is -5.72. The number of nitro benzene ring substituents is 2. The molecule has 1 N–H and O–H groups in total. The number of rotatable bonds is 5.